The Morgan fingerprint density at radius 2 is 1.81 bits per heavy atom. The third kappa shape index (κ3) is 5.55. The van der Waals surface area contributed by atoms with Crippen molar-refractivity contribution in [3.63, 3.8) is 0 Å². The number of aliphatic imine (C=N–C) groups is 1. The van der Waals surface area contributed by atoms with Gasteiger partial charge < -0.3 is 15.7 Å². The van der Waals surface area contributed by atoms with Gasteiger partial charge in [0.05, 0.1) is 17.5 Å². The molecule has 0 spiro atoms. The second-order valence-corrected chi connectivity index (χ2v) is 16.0. The number of para-hydroxylation sites is 1. The van der Waals surface area contributed by atoms with Gasteiger partial charge in [-0.15, -0.1) is 0 Å². The summed E-state index contributed by atoms with van der Waals surface area (Å²) in [6.07, 6.45) is 3.41. The summed E-state index contributed by atoms with van der Waals surface area (Å²) < 4.78 is 52.2. The molecule has 4 rings (SSSR count). The maximum absolute atomic E-state index is 13.8. The van der Waals surface area contributed by atoms with Crippen LogP contribution in [-0.4, -0.2) is 83.1 Å². The molecule has 3 aliphatic rings. The summed E-state index contributed by atoms with van der Waals surface area (Å²) in [5, 5.41) is 12.9. The Morgan fingerprint density at radius 1 is 1.16 bits per heavy atom. The smallest absolute Gasteiger partial charge is 0.214 e. The molecule has 0 radical (unpaired) electrons. The van der Waals surface area contributed by atoms with Crippen molar-refractivity contribution in [1.29, 1.82) is 0 Å². The molecular formula is C26H41N4O5S2-. The first-order chi connectivity index (χ1) is 17.2. The molecule has 2 saturated carbocycles. The molecular weight excluding hydrogens is 512 g/mol. The Labute approximate surface area is 222 Å². The molecule has 2 aliphatic carbocycles. The summed E-state index contributed by atoms with van der Waals surface area (Å²) in [6, 6.07) is 6.71. The van der Waals surface area contributed by atoms with Crippen LogP contribution in [0.5, 0.6) is 0 Å². The summed E-state index contributed by atoms with van der Waals surface area (Å²) in [7, 11) is -6.83. The van der Waals surface area contributed by atoms with Gasteiger partial charge in [0.2, 0.25) is 10.0 Å². The lowest BCUT2D eigenvalue weighted by Gasteiger charge is -2.43. The van der Waals surface area contributed by atoms with Gasteiger partial charge in [-0.2, -0.15) is 4.31 Å². The highest BCUT2D eigenvalue weighted by atomic mass is 32.2. The van der Waals surface area contributed by atoms with E-state index in [0.717, 1.165) is 18.4 Å². The van der Waals surface area contributed by atoms with E-state index < -0.39 is 43.3 Å². The molecule has 1 heterocycles. The zero-order valence-electron chi connectivity index (χ0n) is 22.4. The number of nitrogens with two attached hydrogens (primary N) is 1. The van der Waals surface area contributed by atoms with Crippen LogP contribution in [0.25, 0.3) is 0 Å². The first-order valence-corrected chi connectivity index (χ1v) is 16.8. The largest absolute Gasteiger partial charge is 0.861 e. The third-order valence-electron chi connectivity index (χ3n) is 9.32. The van der Waals surface area contributed by atoms with Crippen LogP contribution in [-0.2, 0) is 19.9 Å². The lowest BCUT2D eigenvalue weighted by molar-refractivity contribution is -0.221. The highest BCUT2D eigenvalue weighted by molar-refractivity contribution is 7.90. The van der Waals surface area contributed by atoms with Gasteiger partial charge in [0.25, 0.3) is 0 Å². The number of rotatable bonds is 9. The van der Waals surface area contributed by atoms with E-state index in [4.69, 9.17) is 5.73 Å². The van der Waals surface area contributed by atoms with E-state index in [0.29, 0.717) is 39.0 Å². The Hall–Kier alpha value is -1.69. The van der Waals surface area contributed by atoms with Crippen LogP contribution in [0, 0.1) is 23.7 Å². The van der Waals surface area contributed by atoms with Crippen molar-refractivity contribution >= 4 is 31.4 Å². The van der Waals surface area contributed by atoms with Crippen molar-refractivity contribution < 1.29 is 21.9 Å². The first kappa shape index (κ1) is 28.3. The maximum Gasteiger partial charge on any atom is 0.214 e. The summed E-state index contributed by atoms with van der Waals surface area (Å²) in [4.78, 5) is 6.70. The van der Waals surface area contributed by atoms with E-state index in [1.54, 1.807) is 4.31 Å². The highest BCUT2D eigenvalue weighted by Crippen LogP contribution is 2.67. The van der Waals surface area contributed by atoms with Crippen LogP contribution in [0.1, 0.15) is 45.1 Å². The minimum atomic E-state index is -3.59. The topological polar surface area (TPSA) is 136 Å². The summed E-state index contributed by atoms with van der Waals surface area (Å²) >= 11 is 0. The van der Waals surface area contributed by atoms with Crippen molar-refractivity contribution in [1.82, 2.24) is 4.31 Å². The monoisotopic (exact) mass is 553 g/mol. The minimum absolute atomic E-state index is 0.0111. The van der Waals surface area contributed by atoms with Gasteiger partial charge in [0.1, 0.15) is 9.84 Å². The zero-order valence-corrected chi connectivity index (χ0v) is 24.0. The summed E-state index contributed by atoms with van der Waals surface area (Å²) in [6.45, 7) is 8.39. The van der Waals surface area contributed by atoms with Crippen molar-refractivity contribution in [2.45, 2.75) is 58.5 Å². The van der Waals surface area contributed by atoms with Crippen LogP contribution in [0.15, 0.2) is 29.3 Å². The first-order valence-electron chi connectivity index (χ1n) is 13.1. The maximum atomic E-state index is 13.8. The van der Waals surface area contributed by atoms with Gasteiger partial charge in [-0.3, -0.25) is 4.99 Å². The average Bonchev–Trinajstić information content (AvgIpc) is 3.17. The van der Waals surface area contributed by atoms with Gasteiger partial charge in [-0.1, -0.05) is 32.0 Å². The molecule has 2 N–H and O–H groups in total. The number of benzene rings is 1. The molecule has 11 heteroatoms. The van der Waals surface area contributed by atoms with Crippen LogP contribution in [0.3, 0.4) is 0 Å². The number of fused-ring (bicyclic) bond motifs is 2. The molecule has 1 aromatic rings. The molecule has 2 bridgehead atoms. The van der Waals surface area contributed by atoms with E-state index in [1.165, 1.54) is 5.56 Å². The molecule has 208 valence electrons. The van der Waals surface area contributed by atoms with E-state index >= 15 is 0 Å². The standard InChI is InChI=1S/C26H42N4O5S2/c1-19-7-5-6-8-22(19)29-12-14-30(15-13-29)37(34,35)18-26-11-9-20(25(26,2)3)17-23(26)28-24(31)21(27)10-16-36(4,32)33/h5-8,20-21,23H,9-18,27H2,1-4H3,(H,28,31)/p-1/t20?,21-,23?,26?/m0/s1. The van der Waals surface area contributed by atoms with Crippen LogP contribution in [0.4, 0.5) is 5.69 Å². The van der Waals surface area contributed by atoms with Crippen molar-refractivity contribution in [3.05, 3.63) is 29.8 Å². The zero-order chi connectivity index (χ0) is 27.2. The van der Waals surface area contributed by atoms with Crippen LogP contribution >= 0.6 is 0 Å². The van der Waals surface area contributed by atoms with Gasteiger partial charge in [0.15, 0.2) is 0 Å². The van der Waals surface area contributed by atoms with Crippen LogP contribution in [0.2, 0.25) is 0 Å². The van der Waals surface area contributed by atoms with E-state index in [-0.39, 0.29) is 29.3 Å². The second-order valence-electron chi connectivity index (χ2n) is 11.8. The fourth-order valence-electron chi connectivity index (χ4n) is 6.81. The number of anilines is 1. The highest BCUT2D eigenvalue weighted by Gasteiger charge is 2.65. The number of aryl methyl sites for hydroxylation is 1. The molecule has 0 amide bonds. The molecule has 1 aromatic carbocycles. The fraction of sp³-hybridized carbons (Fsp3) is 0.731. The van der Waals surface area contributed by atoms with Crippen molar-refractivity contribution in [2.75, 3.05) is 48.8 Å². The molecule has 37 heavy (non-hydrogen) atoms. The number of piperazine rings is 1. The minimum Gasteiger partial charge on any atom is -0.861 e. The Balaban J connectivity index is 1.50. The third-order valence-corrected chi connectivity index (χ3v) is 12.3. The lowest BCUT2D eigenvalue weighted by Crippen LogP contribution is -2.53. The quantitative estimate of drug-likeness (QED) is 0.358. The SMILES string of the molecule is Cc1ccccc1N1CCN(S(=O)(=O)CC23CCC(CC2N=C([O-])[C@@H](N)CCS(C)(=O)=O)C3(C)C)CC1. The Bertz CT molecular complexity index is 1240. The molecule has 4 atom stereocenters. The second kappa shape index (κ2) is 10.1. The van der Waals surface area contributed by atoms with Gasteiger partial charge in [0, 0.05) is 49.6 Å². The van der Waals surface area contributed by atoms with Crippen LogP contribution < -0.4 is 15.7 Å². The summed E-state index contributed by atoms with van der Waals surface area (Å²) in [5.41, 5.74) is 7.37. The average molecular weight is 554 g/mol. The molecule has 0 aromatic heterocycles. The fourth-order valence-corrected chi connectivity index (χ4v) is 9.76. The number of sulfonamides is 1. The molecule has 3 unspecified atom stereocenters. The van der Waals surface area contributed by atoms with Gasteiger partial charge >= 0.3 is 0 Å². The summed E-state index contributed by atoms with van der Waals surface area (Å²) in [5.74, 6) is -0.453. The predicted octanol–water partition coefficient (Wildman–Crippen LogP) is 1.16. The van der Waals surface area contributed by atoms with Gasteiger partial charge in [-0.25, -0.2) is 16.8 Å². The lowest BCUT2D eigenvalue weighted by atomic mass is 9.69. The van der Waals surface area contributed by atoms with E-state index in [2.05, 4.69) is 42.8 Å². The molecule has 9 nitrogen and oxygen atoms in total. The number of sulfone groups is 1. The normalized spacial score (nSPS) is 29.5. The van der Waals surface area contributed by atoms with E-state index in [9.17, 15) is 21.9 Å². The van der Waals surface area contributed by atoms with Crippen molar-refractivity contribution in [3.8, 4) is 0 Å². The number of hydrogen-bond donors (Lipinski definition) is 1. The number of hydrogen-bond acceptors (Lipinski definition) is 8. The van der Waals surface area contributed by atoms with Gasteiger partial charge in [-0.05, 0) is 61.5 Å². The molecule has 1 aliphatic heterocycles. The predicted molar refractivity (Wildman–Crippen MR) is 146 cm³/mol. The van der Waals surface area contributed by atoms with E-state index in [1.807, 2.05) is 12.1 Å². The van der Waals surface area contributed by atoms with Crippen molar-refractivity contribution in [2.24, 2.45) is 27.5 Å². The molecule has 1 saturated heterocycles. The number of nitrogens with zero attached hydrogens (tertiary/aromatic N) is 3. The Morgan fingerprint density at radius 3 is 2.41 bits per heavy atom. The Kier molecular flexibility index (Phi) is 7.75. The molecule has 3 fully saturated rings.